The van der Waals surface area contributed by atoms with Crippen molar-refractivity contribution in [2.24, 2.45) is 41.4 Å². The highest BCUT2D eigenvalue weighted by molar-refractivity contribution is 6.42. The Morgan fingerprint density at radius 3 is 1.94 bits per heavy atom. The molecule has 14 atom stereocenters. The lowest BCUT2D eigenvalue weighted by atomic mass is 9.83. The molecule has 69 heavy (non-hydrogen) atoms. The van der Waals surface area contributed by atoms with Gasteiger partial charge in [0.25, 0.3) is 0 Å². The van der Waals surface area contributed by atoms with Gasteiger partial charge in [0.05, 0.1) is 60.4 Å². The molecule has 2 aromatic heterocycles. The van der Waals surface area contributed by atoms with Gasteiger partial charge in [-0.15, -0.1) is 0 Å². The highest BCUT2D eigenvalue weighted by atomic mass is 35.5. The molecule has 0 spiro atoms. The zero-order valence-electron chi connectivity index (χ0n) is 42.8. The fraction of sp³-hybridized carbons (Fsp3) is 0.576. The summed E-state index contributed by atoms with van der Waals surface area (Å²) in [4.78, 5) is 4.07. The molecule has 378 valence electrons. The number of aliphatic hydroxyl groups excluding tert-OH is 1. The average Bonchev–Trinajstić information content (AvgIpc) is 4.26. The monoisotopic (exact) mass is 986 g/mol. The fourth-order valence-corrected chi connectivity index (χ4v) is 10.3. The maximum atomic E-state index is 9.45. The van der Waals surface area contributed by atoms with E-state index in [4.69, 9.17) is 51.3 Å². The van der Waals surface area contributed by atoms with Crippen molar-refractivity contribution in [3.05, 3.63) is 136 Å². The third kappa shape index (κ3) is 15.4. The van der Waals surface area contributed by atoms with Gasteiger partial charge in [-0.25, -0.2) is 0 Å². The van der Waals surface area contributed by atoms with E-state index in [0.29, 0.717) is 51.7 Å². The molecular weight excluding hydrogens is 906 g/mol. The first-order valence-corrected chi connectivity index (χ1v) is 26.7. The number of fused-ring (bicyclic) bond motifs is 1. The van der Waals surface area contributed by atoms with E-state index in [9.17, 15) is 5.11 Å². The van der Waals surface area contributed by atoms with Gasteiger partial charge in [0.2, 0.25) is 0 Å². The molecule has 1 N–H and O–H groups in total. The van der Waals surface area contributed by atoms with Crippen molar-refractivity contribution < 1.29 is 33.2 Å². The Labute approximate surface area is 424 Å². The lowest BCUT2D eigenvalue weighted by Crippen LogP contribution is -2.24. The van der Waals surface area contributed by atoms with Crippen LogP contribution >= 0.6 is 23.2 Å². The van der Waals surface area contributed by atoms with Gasteiger partial charge in [0.15, 0.2) is 0 Å². The second-order valence-electron chi connectivity index (χ2n) is 20.5. The van der Waals surface area contributed by atoms with E-state index in [-0.39, 0.29) is 30.5 Å². The minimum absolute atomic E-state index is 0.0291. The number of rotatable bonds is 9. The Morgan fingerprint density at radius 1 is 0.652 bits per heavy atom. The lowest BCUT2D eigenvalue weighted by Gasteiger charge is -2.23. The molecular formula is C59H81Cl2NO7. The normalized spacial score (nSPS) is 30.2. The van der Waals surface area contributed by atoms with E-state index >= 15 is 0 Å². The summed E-state index contributed by atoms with van der Waals surface area (Å²) in [7, 11) is 0. The van der Waals surface area contributed by atoms with Crippen molar-refractivity contribution in [2.75, 3.05) is 33.0 Å². The molecule has 3 aromatic carbocycles. The van der Waals surface area contributed by atoms with E-state index < -0.39 is 0 Å². The number of nitrogens with zero attached hydrogens (tertiary/aromatic N) is 1. The summed E-state index contributed by atoms with van der Waals surface area (Å²) >= 11 is 12.5. The van der Waals surface area contributed by atoms with Crippen LogP contribution in [-0.4, -0.2) is 61.4 Å². The largest absolute Gasteiger partial charge is 0.458 e. The van der Waals surface area contributed by atoms with Crippen LogP contribution in [-0.2, 0) is 23.7 Å². The Hall–Kier alpha value is -3.31. The van der Waals surface area contributed by atoms with Crippen LogP contribution in [0.15, 0.2) is 108 Å². The molecule has 0 aliphatic carbocycles. The van der Waals surface area contributed by atoms with Crippen LogP contribution in [0.2, 0.25) is 10.0 Å². The number of halogens is 2. The molecule has 5 aliphatic heterocycles. The summed E-state index contributed by atoms with van der Waals surface area (Å²) in [6.45, 7) is 24.1. The summed E-state index contributed by atoms with van der Waals surface area (Å²) in [6.07, 6.45) is 11.2. The van der Waals surface area contributed by atoms with Gasteiger partial charge in [0.1, 0.15) is 17.4 Å². The molecule has 5 saturated heterocycles. The Bertz CT molecular complexity index is 2190. The summed E-state index contributed by atoms with van der Waals surface area (Å²) in [5.74, 6) is 5.79. The summed E-state index contributed by atoms with van der Waals surface area (Å²) < 4.78 is 34.3. The highest BCUT2D eigenvalue weighted by Gasteiger charge is 2.38. The van der Waals surface area contributed by atoms with E-state index in [1.165, 1.54) is 30.4 Å². The standard InChI is InChI=1S/C17H16Cl2O.C14H16O2.C10H13NO.C9H18O2.C9H18O/c1-11-10-20-17(13-8-5-9-14(18)16(13)19)15(11)12-6-3-2-4-7-12;1-9-8-15-14(10(9)2)13-7-11-5-3-4-6-12(11)16-13;1-8-5-10(12-7-8)9-3-2-4-11-6-9;1-3-7-5-9(11-6-7)8(10)4-2;1-4-8(3)9-5-7(2)6-10-9/h2-9,11,15,17H,10H2,1H3;3-7,9-10,14H,8H2,1-2H3;2-4,6,8,10H,5,7H2,1H3;7-10H,3-6H2,1-2H3;7-9H,4-6H2,1-3H3/t;;;7-,8+,9+;/m...0./s1. The number of aliphatic hydroxyl groups is 1. The molecule has 0 amide bonds. The van der Waals surface area contributed by atoms with Crippen LogP contribution in [0.3, 0.4) is 0 Å². The van der Waals surface area contributed by atoms with Crippen LogP contribution in [0.4, 0.5) is 0 Å². The van der Waals surface area contributed by atoms with Gasteiger partial charge in [-0.2, -0.15) is 0 Å². The van der Waals surface area contributed by atoms with Crippen LogP contribution in [0.5, 0.6) is 0 Å². The number of aromatic nitrogens is 1. The number of hydrogen-bond donors (Lipinski definition) is 1. The molecule has 5 fully saturated rings. The molecule has 8 nitrogen and oxygen atoms in total. The molecule has 7 heterocycles. The van der Waals surface area contributed by atoms with Crippen molar-refractivity contribution in [3.63, 3.8) is 0 Å². The zero-order valence-corrected chi connectivity index (χ0v) is 44.3. The Balaban J connectivity index is 0.000000145. The molecule has 5 aliphatic rings. The number of para-hydroxylation sites is 1. The second kappa shape index (κ2) is 27.5. The summed E-state index contributed by atoms with van der Waals surface area (Å²) in [6, 6.07) is 30.5. The van der Waals surface area contributed by atoms with E-state index in [2.05, 4.69) is 103 Å². The van der Waals surface area contributed by atoms with E-state index in [1.54, 1.807) is 6.20 Å². The van der Waals surface area contributed by atoms with E-state index in [1.807, 2.05) is 61.7 Å². The van der Waals surface area contributed by atoms with Crippen LogP contribution in [0, 0.1) is 41.4 Å². The van der Waals surface area contributed by atoms with Gasteiger partial charge < -0.3 is 33.2 Å². The number of ether oxygens (including phenoxy) is 5. The molecule has 10 rings (SSSR count). The van der Waals surface area contributed by atoms with Crippen LogP contribution in [0.1, 0.15) is 148 Å². The molecule has 0 radical (unpaired) electrons. The molecule has 0 bridgehead atoms. The smallest absolute Gasteiger partial charge is 0.134 e. The Morgan fingerprint density at radius 2 is 1.33 bits per heavy atom. The molecule has 0 saturated carbocycles. The van der Waals surface area contributed by atoms with E-state index in [0.717, 1.165) is 86.4 Å². The molecule has 10 heteroatoms. The van der Waals surface area contributed by atoms with Crippen LogP contribution < -0.4 is 0 Å². The minimum atomic E-state index is -0.244. The fourth-order valence-electron chi connectivity index (χ4n) is 9.91. The van der Waals surface area contributed by atoms with Gasteiger partial charge in [-0.05, 0) is 103 Å². The average molecular weight is 987 g/mol. The molecule has 5 aromatic rings. The lowest BCUT2D eigenvalue weighted by molar-refractivity contribution is -0.00337. The maximum Gasteiger partial charge on any atom is 0.134 e. The predicted molar refractivity (Wildman–Crippen MR) is 281 cm³/mol. The first-order valence-electron chi connectivity index (χ1n) is 25.9. The SMILES string of the molecule is CC1COC(c2cc3ccccc3o2)C1C.CC1COC(c2cccc(Cl)c2Cl)C1c1ccccc1.CC1COC(c2cccnc2)C1.CCC(C)C1CC(C)CO1.CC[C@@H]1CO[C@@H]([C@H](O)CC)C1. The second-order valence-corrected chi connectivity index (χ2v) is 21.3. The van der Waals surface area contributed by atoms with Crippen molar-refractivity contribution in [2.45, 2.75) is 143 Å². The Kier molecular flexibility index (Phi) is 21.9. The minimum Gasteiger partial charge on any atom is -0.458 e. The van der Waals surface area contributed by atoms with Gasteiger partial charge >= 0.3 is 0 Å². The highest BCUT2D eigenvalue weighted by Crippen LogP contribution is 2.48. The summed E-state index contributed by atoms with van der Waals surface area (Å²) in [5.41, 5.74) is 4.44. The first-order chi connectivity index (χ1) is 33.3. The molecule has 11 unspecified atom stereocenters. The number of furan rings is 1. The van der Waals surface area contributed by atoms with Crippen LogP contribution in [0.25, 0.3) is 11.0 Å². The number of pyridine rings is 1. The van der Waals surface area contributed by atoms with Crippen molar-refractivity contribution >= 4 is 34.2 Å². The third-order valence-electron chi connectivity index (χ3n) is 14.9. The first kappa shape index (κ1) is 55.0. The topological polar surface area (TPSA) is 92.4 Å². The predicted octanol–water partition coefficient (Wildman–Crippen LogP) is 15.5. The van der Waals surface area contributed by atoms with Gasteiger partial charge in [0, 0.05) is 42.5 Å². The quantitative estimate of drug-likeness (QED) is 0.156. The zero-order chi connectivity index (χ0) is 49.5. The summed E-state index contributed by atoms with van der Waals surface area (Å²) in [5, 5.41) is 11.8. The van der Waals surface area contributed by atoms with Crippen molar-refractivity contribution in [1.82, 2.24) is 4.98 Å². The number of benzene rings is 3. The van der Waals surface area contributed by atoms with Crippen molar-refractivity contribution in [1.29, 1.82) is 0 Å². The van der Waals surface area contributed by atoms with Crippen molar-refractivity contribution in [3.8, 4) is 0 Å². The van der Waals surface area contributed by atoms with Gasteiger partial charge in [-0.1, -0.05) is 165 Å². The number of hydrogen-bond acceptors (Lipinski definition) is 8. The maximum absolute atomic E-state index is 9.45. The third-order valence-corrected chi connectivity index (χ3v) is 15.7. The van der Waals surface area contributed by atoms with Gasteiger partial charge in [-0.3, -0.25) is 4.98 Å².